The summed E-state index contributed by atoms with van der Waals surface area (Å²) in [5.74, 6) is -1.47. The Bertz CT molecular complexity index is 1010. The van der Waals surface area contributed by atoms with E-state index in [4.69, 9.17) is 10.5 Å². The van der Waals surface area contributed by atoms with Crippen LogP contribution in [0.2, 0.25) is 0 Å². The molecule has 132 valence electrons. The van der Waals surface area contributed by atoms with Crippen molar-refractivity contribution in [3.05, 3.63) is 42.1 Å². The van der Waals surface area contributed by atoms with Crippen LogP contribution in [0.5, 0.6) is 5.88 Å². The summed E-state index contributed by atoms with van der Waals surface area (Å²) in [6.07, 6.45) is 3.37. The number of amides is 1. The number of primary amides is 1. The molecular formula is C17H15N5O3S. The minimum atomic E-state index is -0.815. The van der Waals surface area contributed by atoms with Gasteiger partial charge in [-0.3, -0.25) is 14.6 Å². The minimum Gasteiger partial charge on any atom is -0.407 e. The van der Waals surface area contributed by atoms with Crippen LogP contribution < -0.4 is 15.8 Å². The molecule has 0 spiro atoms. The number of para-hydroxylation sites is 1. The predicted molar refractivity (Wildman–Crippen MR) is 98.7 cm³/mol. The van der Waals surface area contributed by atoms with E-state index in [9.17, 15) is 9.59 Å². The first-order chi connectivity index (χ1) is 12.5. The third kappa shape index (κ3) is 3.72. The Balaban J connectivity index is 2.09. The normalized spacial score (nSPS) is 10.5. The molecule has 0 fully saturated rings. The van der Waals surface area contributed by atoms with Gasteiger partial charge >= 0.3 is 5.97 Å². The van der Waals surface area contributed by atoms with E-state index in [2.05, 4.69) is 20.3 Å². The molecule has 9 heteroatoms. The second-order valence-corrected chi connectivity index (χ2v) is 6.01. The molecule has 0 saturated heterocycles. The zero-order chi connectivity index (χ0) is 18.7. The lowest BCUT2D eigenvalue weighted by Crippen LogP contribution is -2.19. The molecule has 8 nitrogen and oxygen atoms in total. The Morgan fingerprint density at radius 3 is 2.69 bits per heavy atom. The fourth-order valence-corrected chi connectivity index (χ4v) is 2.67. The Kier molecular flexibility index (Phi) is 4.99. The van der Waals surface area contributed by atoms with Crippen molar-refractivity contribution in [2.75, 3.05) is 11.6 Å². The molecule has 0 aliphatic heterocycles. The molecular weight excluding hydrogens is 354 g/mol. The van der Waals surface area contributed by atoms with Crippen molar-refractivity contribution in [2.24, 2.45) is 5.73 Å². The number of thioether (sulfide) groups is 1. The summed E-state index contributed by atoms with van der Waals surface area (Å²) in [5.41, 5.74) is 6.79. The Morgan fingerprint density at radius 1 is 1.23 bits per heavy atom. The summed E-state index contributed by atoms with van der Waals surface area (Å²) in [7, 11) is 0. The number of aromatic nitrogens is 3. The molecule has 0 atom stereocenters. The summed E-state index contributed by atoms with van der Waals surface area (Å²) in [6.45, 7) is 1.21. The SMILES string of the molecule is CSc1nc(Nc2cnc3ccccc3c2)c(C(N)=O)c(OC(C)=O)n1. The fourth-order valence-electron chi connectivity index (χ4n) is 2.31. The van der Waals surface area contributed by atoms with Crippen molar-refractivity contribution < 1.29 is 14.3 Å². The highest BCUT2D eigenvalue weighted by molar-refractivity contribution is 7.98. The summed E-state index contributed by atoms with van der Waals surface area (Å²) >= 11 is 1.24. The maximum Gasteiger partial charge on any atom is 0.309 e. The van der Waals surface area contributed by atoms with Crippen molar-refractivity contribution in [1.29, 1.82) is 0 Å². The van der Waals surface area contributed by atoms with Gasteiger partial charge in [0.1, 0.15) is 5.56 Å². The van der Waals surface area contributed by atoms with E-state index in [1.807, 2.05) is 30.3 Å². The quantitative estimate of drug-likeness (QED) is 0.400. The molecule has 1 amide bonds. The van der Waals surface area contributed by atoms with Crippen molar-refractivity contribution in [2.45, 2.75) is 12.1 Å². The molecule has 2 aromatic heterocycles. The number of benzene rings is 1. The van der Waals surface area contributed by atoms with Gasteiger partial charge in [-0.15, -0.1) is 0 Å². The number of nitrogens with two attached hydrogens (primary N) is 1. The van der Waals surface area contributed by atoms with Crippen LogP contribution in [0.3, 0.4) is 0 Å². The maximum absolute atomic E-state index is 11.9. The van der Waals surface area contributed by atoms with Crippen molar-refractivity contribution in [3.63, 3.8) is 0 Å². The summed E-state index contributed by atoms with van der Waals surface area (Å²) < 4.78 is 5.04. The standard InChI is InChI=1S/C17H15N5O3S/c1-9(23)25-16-13(14(18)24)15(21-17(22-16)26-2)20-11-7-10-5-3-4-6-12(10)19-8-11/h3-8H,1-2H3,(H2,18,24)(H,20,21,22). The van der Waals surface area contributed by atoms with E-state index in [1.54, 1.807) is 12.5 Å². The first kappa shape index (κ1) is 17.6. The first-order valence-corrected chi connectivity index (χ1v) is 8.76. The minimum absolute atomic E-state index is 0.105. The third-order valence-corrected chi connectivity index (χ3v) is 3.93. The van der Waals surface area contributed by atoms with Crippen molar-refractivity contribution in [3.8, 4) is 5.88 Å². The lowest BCUT2D eigenvalue weighted by atomic mass is 10.2. The molecule has 0 aliphatic rings. The van der Waals surface area contributed by atoms with Crippen LogP contribution in [-0.2, 0) is 4.79 Å². The number of nitrogens with one attached hydrogen (secondary N) is 1. The van der Waals surface area contributed by atoms with E-state index in [0.717, 1.165) is 10.9 Å². The van der Waals surface area contributed by atoms with Crippen LogP contribution in [0, 0.1) is 0 Å². The monoisotopic (exact) mass is 369 g/mol. The van der Waals surface area contributed by atoms with Crippen LogP contribution >= 0.6 is 11.8 Å². The molecule has 0 bridgehead atoms. The number of carbonyl (C=O) groups excluding carboxylic acids is 2. The zero-order valence-electron chi connectivity index (χ0n) is 14.0. The van der Waals surface area contributed by atoms with Gasteiger partial charge in [-0.25, -0.2) is 4.98 Å². The molecule has 2 heterocycles. The smallest absolute Gasteiger partial charge is 0.309 e. The maximum atomic E-state index is 11.9. The Labute approximate surface area is 153 Å². The fraction of sp³-hybridized carbons (Fsp3) is 0.118. The molecule has 1 aromatic carbocycles. The number of hydrogen-bond donors (Lipinski definition) is 2. The number of pyridine rings is 1. The summed E-state index contributed by atoms with van der Waals surface area (Å²) in [4.78, 5) is 35.9. The number of nitrogens with zero attached hydrogens (tertiary/aromatic N) is 3. The van der Waals surface area contributed by atoms with Crippen LogP contribution in [-0.4, -0.2) is 33.1 Å². The van der Waals surface area contributed by atoms with Crippen molar-refractivity contribution >= 4 is 46.0 Å². The number of esters is 1. The highest BCUT2D eigenvalue weighted by atomic mass is 32.2. The number of carbonyl (C=O) groups is 2. The van der Waals surface area contributed by atoms with E-state index in [1.165, 1.54) is 18.7 Å². The second kappa shape index (κ2) is 7.36. The average Bonchev–Trinajstić information content (AvgIpc) is 2.60. The number of rotatable bonds is 5. The van der Waals surface area contributed by atoms with Gasteiger partial charge in [-0.1, -0.05) is 30.0 Å². The van der Waals surface area contributed by atoms with Gasteiger partial charge in [0.25, 0.3) is 5.91 Å². The van der Waals surface area contributed by atoms with Gasteiger partial charge < -0.3 is 15.8 Å². The molecule has 0 aliphatic carbocycles. The highest BCUT2D eigenvalue weighted by Crippen LogP contribution is 2.29. The van der Waals surface area contributed by atoms with Crippen molar-refractivity contribution in [1.82, 2.24) is 15.0 Å². The Morgan fingerprint density at radius 2 is 2.00 bits per heavy atom. The van der Waals surface area contributed by atoms with Crippen LogP contribution in [0.15, 0.2) is 41.7 Å². The van der Waals surface area contributed by atoms with Crippen LogP contribution in [0.4, 0.5) is 11.5 Å². The lowest BCUT2D eigenvalue weighted by Gasteiger charge is -2.13. The average molecular weight is 369 g/mol. The number of hydrogen-bond acceptors (Lipinski definition) is 8. The molecule has 3 rings (SSSR count). The molecule has 3 N–H and O–H groups in total. The molecule has 0 saturated carbocycles. The summed E-state index contributed by atoms with van der Waals surface area (Å²) in [6, 6.07) is 9.47. The number of anilines is 2. The molecule has 3 aromatic rings. The van der Waals surface area contributed by atoms with E-state index >= 15 is 0 Å². The molecule has 0 radical (unpaired) electrons. The van der Waals surface area contributed by atoms with E-state index < -0.39 is 11.9 Å². The Hall–Kier alpha value is -3.20. The van der Waals surface area contributed by atoms with E-state index in [-0.39, 0.29) is 17.3 Å². The van der Waals surface area contributed by atoms with Crippen LogP contribution in [0.25, 0.3) is 10.9 Å². The topological polar surface area (TPSA) is 120 Å². The number of ether oxygens (including phenoxy) is 1. The molecule has 26 heavy (non-hydrogen) atoms. The highest BCUT2D eigenvalue weighted by Gasteiger charge is 2.22. The van der Waals surface area contributed by atoms with Gasteiger partial charge in [0.15, 0.2) is 11.0 Å². The van der Waals surface area contributed by atoms with Gasteiger partial charge in [0, 0.05) is 12.3 Å². The number of fused-ring (bicyclic) bond motifs is 1. The van der Waals surface area contributed by atoms with Gasteiger partial charge in [0.05, 0.1) is 17.4 Å². The second-order valence-electron chi connectivity index (χ2n) is 5.24. The van der Waals surface area contributed by atoms with Crippen LogP contribution in [0.1, 0.15) is 17.3 Å². The summed E-state index contributed by atoms with van der Waals surface area (Å²) in [5, 5.41) is 4.25. The largest absolute Gasteiger partial charge is 0.407 e. The zero-order valence-corrected chi connectivity index (χ0v) is 14.8. The van der Waals surface area contributed by atoms with Gasteiger partial charge in [-0.2, -0.15) is 4.98 Å². The third-order valence-electron chi connectivity index (χ3n) is 3.38. The first-order valence-electron chi connectivity index (χ1n) is 7.54. The predicted octanol–water partition coefficient (Wildman–Crippen LogP) is 2.51. The molecule has 0 unspecified atom stereocenters. The van der Waals surface area contributed by atoms with E-state index in [0.29, 0.717) is 10.8 Å². The van der Waals surface area contributed by atoms with Gasteiger partial charge in [-0.05, 0) is 18.4 Å². The lowest BCUT2D eigenvalue weighted by molar-refractivity contribution is -0.132. The van der Waals surface area contributed by atoms with Gasteiger partial charge in [0.2, 0.25) is 5.88 Å².